The lowest BCUT2D eigenvalue weighted by molar-refractivity contribution is -0.0300. The van der Waals surface area contributed by atoms with Gasteiger partial charge in [-0.2, -0.15) is 0 Å². The van der Waals surface area contributed by atoms with Crippen LogP contribution in [0.15, 0.2) is 59.5 Å². The number of sulfonamides is 1. The van der Waals surface area contributed by atoms with Crippen molar-refractivity contribution in [2.75, 3.05) is 32.8 Å². The first-order chi connectivity index (χ1) is 13.5. The Kier molecular flexibility index (Phi) is 7.24. The Morgan fingerprint density at radius 2 is 1.82 bits per heavy atom. The third kappa shape index (κ3) is 5.64. The van der Waals surface area contributed by atoms with Gasteiger partial charge in [0.2, 0.25) is 10.0 Å². The van der Waals surface area contributed by atoms with Crippen LogP contribution in [0.4, 0.5) is 0 Å². The molecule has 1 N–H and O–H groups in total. The molecule has 0 radical (unpaired) electrons. The first-order valence-corrected chi connectivity index (χ1v) is 11.4. The van der Waals surface area contributed by atoms with E-state index in [1.54, 1.807) is 12.1 Å². The summed E-state index contributed by atoms with van der Waals surface area (Å²) in [7, 11) is -3.45. The fourth-order valence-electron chi connectivity index (χ4n) is 3.40. The SMILES string of the molecule is CC(C)c1ccc(S(=O)(=O)NCCCN2CCO[C@H](c3ccccc3)C2)cc1. The Bertz CT molecular complexity index is 836. The highest BCUT2D eigenvalue weighted by Crippen LogP contribution is 2.22. The lowest BCUT2D eigenvalue weighted by atomic mass is 10.0. The fraction of sp³-hybridized carbons (Fsp3) is 0.455. The molecule has 1 fully saturated rings. The minimum atomic E-state index is -3.45. The number of ether oxygens (including phenoxy) is 1. The number of morpholine rings is 1. The van der Waals surface area contributed by atoms with E-state index < -0.39 is 10.0 Å². The zero-order valence-corrected chi connectivity index (χ0v) is 17.5. The number of hydrogen-bond donors (Lipinski definition) is 1. The highest BCUT2D eigenvalue weighted by Gasteiger charge is 2.21. The van der Waals surface area contributed by atoms with Gasteiger partial charge in [0.1, 0.15) is 0 Å². The van der Waals surface area contributed by atoms with Crippen molar-refractivity contribution >= 4 is 10.0 Å². The summed E-state index contributed by atoms with van der Waals surface area (Å²) in [6.07, 6.45) is 0.858. The topological polar surface area (TPSA) is 58.6 Å². The predicted octanol–water partition coefficient (Wildman–Crippen LogP) is 3.55. The average Bonchev–Trinajstić information content (AvgIpc) is 2.72. The Morgan fingerprint density at radius 3 is 2.50 bits per heavy atom. The zero-order chi connectivity index (χ0) is 20.0. The summed E-state index contributed by atoms with van der Waals surface area (Å²) in [4.78, 5) is 2.67. The van der Waals surface area contributed by atoms with Gasteiger partial charge >= 0.3 is 0 Å². The van der Waals surface area contributed by atoms with Crippen LogP contribution < -0.4 is 4.72 Å². The molecule has 1 atom stereocenters. The van der Waals surface area contributed by atoms with Crippen molar-refractivity contribution in [3.05, 3.63) is 65.7 Å². The molecule has 1 aliphatic rings. The molecule has 0 bridgehead atoms. The smallest absolute Gasteiger partial charge is 0.240 e. The molecule has 0 amide bonds. The summed E-state index contributed by atoms with van der Waals surface area (Å²) < 4.78 is 33.5. The van der Waals surface area contributed by atoms with Gasteiger partial charge in [0.25, 0.3) is 0 Å². The second-order valence-corrected chi connectivity index (χ2v) is 9.31. The Morgan fingerprint density at radius 1 is 1.11 bits per heavy atom. The van der Waals surface area contributed by atoms with Crippen LogP contribution in [0.2, 0.25) is 0 Å². The first-order valence-electron chi connectivity index (χ1n) is 9.94. The maximum atomic E-state index is 12.5. The van der Waals surface area contributed by atoms with E-state index in [4.69, 9.17) is 4.74 Å². The van der Waals surface area contributed by atoms with Gasteiger partial charge < -0.3 is 4.74 Å². The van der Waals surface area contributed by atoms with Crippen molar-refractivity contribution < 1.29 is 13.2 Å². The molecule has 152 valence electrons. The van der Waals surface area contributed by atoms with E-state index in [2.05, 4.69) is 35.6 Å². The number of rotatable bonds is 8. The van der Waals surface area contributed by atoms with Crippen LogP contribution in [0.25, 0.3) is 0 Å². The molecule has 1 aliphatic heterocycles. The number of benzene rings is 2. The molecule has 28 heavy (non-hydrogen) atoms. The zero-order valence-electron chi connectivity index (χ0n) is 16.7. The van der Waals surface area contributed by atoms with Crippen LogP contribution in [0.3, 0.4) is 0 Å². The van der Waals surface area contributed by atoms with Gasteiger partial charge in [-0.25, -0.2) is 13.1 Å². The molecular formula is C22H30N2O3S. The van der Waals surface area contributed by atoms with E-state index in [1.807, 2.05) is 30.3 Å². The Balaban J connectivity index is 1.45. The van der Waals surface area contributed by atoms with E-state index >= 15 is 0 Å². The van der Waals surface area contributed by atoms with E-state index in [0.717, 1.165) is 31.6 Å². The molecule has 1 heterocycles. The molecule has 2 aromatic carbocycles. The lowest BCUT2D eigenvalue weighted by Gasteiger charge is -2.33. The maximum Gasteiger partial charge on any atom is 0.240 e. The molecule has 6 heteroatoms. The second-order valence-electron chi connectivity index (χ2n) is 7.55. The van der Waals surface area contributed by atoms with Gasteiger partial charge in [-0.1, -0.05) is 56.3 Å². The molecule has 2 aromatic rings. The Labute approximate surface area is 168 Å². The first kappa shape index (κ1) is 21.0. The molecule has 0 aromatic heterocycles. The lowest BCUT2D eigenvalue weighted by Crippen LogP contribution is -2.39. The highest BCUT2D eigenvalue weighted by atomic mass is 32.2. The maximum absolute atomic E-state index is 12.5. The minimum Gasteiger partial charge on any atom is -0.371 e. The van der Waals surface area contributed by atoms with Crippen molar-refractivity contribution in [3.8, 4) is 0 Å². The molecular weight excluding hydrogens is 372 g/mol. The molecule has 3 rings (SSSR count). The summed E-state index contributed by atoms with van der Waals surface area (Å²) in [5.74, 6) is 0.387. The standard InChI is InChI=1S/C22H30N2O3S/c1-18(2)19-9-11-21(12-10-19)28(25,26)23-13-6-14-24-15-16-27-22(17-24)20-7-4-3-5-8-20/h3-5,7-12,18,22-23H,6,13-17H2,1-2H3/t22-/m0/s1. The largest absolute Gasteiger partial charge is 0.371 e. The van der Waals surface area contributed by atoms with Crippen molar-refractivity contribution in [2.45, 2.75) is 37.2 Å². The van der Waals surface area contributed by atoms with Gasteiger partial charge in [-0.15, -0.1) is 0 Å². The van der Waals surface area contributed by atoms with Crippen molar-refractivity contribution in [1.82, 2.24) is 9.62 Å². The second kappa shape index (κ2) is 9.65. The molecule has 1 saturated heterocycles. The van der Waals surface area contributed by atoms with Crippen LogP contribution in [0.1, 0.15) is 43.4 Å². The Hall–Kier alpha value is -1.73. The molecule has 0 spiro atoms. The molecule has 0 saturated carbocycles. The monoisotopic (exact) mass is 402 g/mol. The number of hydrogen-bond acceptors (Lipinski definition) is 4. The normalized spacial score (nSPS) is 18.5. The van der Waals surface area contributed by atoms with Crippen molar-refractivity contribution in [1.29, 1.82) is 0 Å². The van der Waals surface area contributed by atoms with E-state index in [-0.39, 0.29) is 6.10 Å². The van der Waals surface area contributed by atoms with Crippen LogP contribution in [-0.2, 0) is 14.8 Å². The summed E-state index contributed by atoms with van der Waals surface area (Å²) in [5.41, 5.74) is 2.33. The molecule has 0 aliphatic carbocycles. The predicted molar refractivity (Wildman–Crippen MR) is 112 cm³/mol. The quantitative estimate of drug-likeness (QED) is 0.686. The fourth-order valence-corrected chi connectivity index (χ4v) is 4.47. The third-order valence-corrected chi connectivity index (χ3v) is 6.60. The van der Waals surface area contributed by atoms with Gasteiger partial charge in [0.15, 0.2) is 0 Å². The average molecular weight is 403 g/mol. The third-order valence-electron chi connectivity index (χ3n) is 5.12. The van der Waals surface area contributed by atoms with Gasteiger partial charge in [0, 0.05) is 19.6 Å². The number of nitrogens with zero attached hydrogens (tertiary/aromatic N) is 1. The van der Waals surface area contributed by atoms with Gasteiger partial charge in [-0.05, 0) is 42.1 Å². The highest BCUT2D eigenvalue weighted by molar-refractivity contribution is 7.89. The van der Waals surface area contributed by atoms with Gasteiger partial charge in [0.05, 0.1) is 17.6 Å². The van der Waals surface area contributed by atoms with E-state index in [1.165, 1.54) is 5.56 Å². The molecule has 0 unspecified atom stereocenters. The van der Waals surface area contributed by atoms with Gasteiger partial charge in [-0.3, -0.25) is 4.90 Å². The summed E-state index contributed by atoms with van der Waals surface area (Å²) in [6.45, 7) is 7.89. The minimum absolute atomic E-state index is 0.0890. The summed E-state index contributed by atoms with van der Waals surface area (Å²) >= 11 is 0. The number of nitrogens with one attached hydrogen (secondary N) is 1. The van der Waals surface area contributed by atoms with Crippen LogP contribution in [0.5, 0.6) is 0 Å². The van der Waals surface area contributed by atoms with E-state index in [0.29, 0.717) is 24.0 Å². The molecule has 5 nitrogen and oxygen atoms in total. The summed E-state index contributed by atoms with van der Waals surface area (Å²) in [5, 5.41) is 0. The van der Waals surface area contributed by atoms with Crippen LogP contribution in [-0.4, -0.2) is 46.1 Å². The van der Waals surface area contributed by atoms with E-state index in [9.17, 15) is 8.42 Å². The van der Waals surface area contributed by atoms with Crippen molar-refractivity contribution in [2.24, 2.45) is 0 Å². The summed E-state index contributed by atoms with van der Waals surface area (Å²) in [6, 6.07) is 17.4. The van der Waals surface area contributed by atoms with Crippen LogP contribution in [0, 0.1) is 0 Å². The van der Waals surface area contributed by atoms with Crippen LogP contribution >= 0.6 is 0 Å². The van der Waals surface area contributed by atoms with Crippen molar-refractivity contribution in [3.63, 3.8) is 0 Å².